The molecule has 0 amide bonds. The highest BCUT2D eigenvalue weighted by molar-refractivity contribution is 9.10. The van der Waals surface area contributed by atoms with Crippen molar-refractivity contribution in [2.24, 2.45) is 0 Å². The fourth-order valence-corrected chi connectivity index (χ4v) is 2.53. The van der Waals surface area contributed by atoms with Crippen LogP contribution in [0.5, 0.6) is 0 Å². The lowest BCUT2D eigenvalue weighted by Gasteiger charge is -2.17. The van der Waals surface area contributed by atoms with E-state index in [1.54, 1.807) is 6.08 Å². The monoisotopic (exact) mass is 408 g/mol. The van der Waals surface area contributed by atoms with E-state index in [2.05, 4.69) is 38.4 Å². The van der Waals surface area contributed by atoms with Crippen molar-refractivity contribution in [3.63, 3.8) is 0 Å². The van der Waals surface area contributed by atoms with Crippen molar-refractivity contribution in [2.75, 3.05) is 6.61 Å². The Morgan fingerprint density at radius 2 is 1.43 bits per heavy atom. The lowest BCUT2D eigenvalue weighted by molar-refractivity contribution is -0.143. The van der Waals surface area contributed by atoms with Gasteiger partial charge >= 0.3 is 5.97 Å². The second kappa shape index (κ2) is 7.57. The first-order valence-electron chi connectivity index (χ1n) is 6.40. The number of esters is 1. The highest BCUT2D eigenvalue weighted by atomic mass is 79.9. The number of carbonyl (C=O) groups is 1. The molecule has 4 heteroatoms. The van der Waals surface area contributed by atoms with E-state index >= 15 is 0 Å². The Labute approximate surface area is 141 Å². The minimum atomic E-state index is -0.439. The Bertz CT molecular complexity index is 573. The molecule has 0 aromatic heterocycles. The van der Waals surface area contributed by atoms with Crippen LogP contribution in [0.3, 0.4) is 0 Å². The molecule has 0 aliphatic rings. The predicted octanol–water partition coefficient (Wildman–Crippen LogP) is 5.07. The minimum Gasteiger partial charge on any atom is -0.461 e. The van der Waals surface area contributed by atoms with Crippen LogP contribution in [0.1, 0.15) is 17.0 Å². The first kappa shape index (κ1) is 16.0. The minimum absolute atomic E-state index is 0.211. The fraction of sp³-hybridized carbons (Fsp3) is 0.118. The molecule has 2 nitrogen and oxygen atoms in total. The van der Waals surface area contributed by atoms with Gasteiger partial charge in [0.05, 0.1) is 0 Å². The summed E-state index contributed by atoms with van der Waals surface area (Å²) in [7, 11) is 0. The van der Waals surface area contributed by atoms with E-state index in [0.29, 0.717) is 0 Å². The van der Waals surface area contributed by atoms with Gasteiger partial charge in [0.1, 0.15) is 12.5 Å². The molecule has 0 atom stereocenters. The Morgan fingerprint density at radius 1 is 1.00 bits per heavy atom. The van der Waals surface area contributed by atoms with Crippen LogP contribution in [-0.2, 0) is 9.53 Å². The average Bonchev–Trinajstić information content (AvgIpc) is 2.49. The van der Waals surface area contributed by atoms with E-state index in [4.69, 9.17) is 4.74 Å². The van der Waals surface area contributed by atoms with Gasteiger partial charge in [0, 0.05) is 8.95 Å². The van der Waals surface area contributed by atoms with Crippen LogP contribution in [0.4, 0.5) is 0 Å². The zero-order valence-corrected chi connectivity index (χ0v) is 14.4. The summed E-state index contributed by atoms with van der Waals surface area (Å²) in [6.45, 7) is 3.78. The molecule has 0 aliphatic heterocycles. The van der Waals surface area contributed by atoms with E-state index in [1.165, 1.54) is 0 Å². The molecule has 108 valence electrons. The Morgan fingerprint density at radius 3 is 1.81 bits per heavy atom. The van der Waals surface area contributed by atoms with Gasteiger partial charge in [-0.15, -0.1) is 0 Å². The molecular weight excluding hydrogens is 396 g/mol. The quantitative estimate of drug-likeness (QED) is 0.508. The summed E-state index contributed by atoms with van der Waals surface area (Å²) in [5.41, 5.74) is 1.80. The van der Waals surface area contributed by atoms with E-state index in [9.17, 15) is 4.79 Å². The number of halogens is 2. The number of carbonyl (C=O) groups excluding carboxylic acids is 1. The zero-order chi connectivity index (χ0) is 15.2. The maximum Gasteiger partial charge on any atom is 0.318 e. The number of benzene rings is 2. The van der Waals surface area contributed by atoms with Crippen molar-refractivity contribution in [1.82, 2.24) is 0 Å². The van der Waals surface area contributed by atoms with Gasteiger partial charge in [-0.1, -0.05) is 68.8 Å². The van der Waals surface area contributed by atoms with Crippen LogP contribution in [0.15, 0.2) is 70.1 Å². The summed E-state index contributed by atoms with van der Waals surface area (Å²) in [6, 6.07) is 15.4. The van der Waals surface area contributed by atoms with Crippen molar-refractivity contribution in [3.05, 3.63) is 81.3 Å². The number of hydrogen-bond donors (Lipinski definition) is 0. The van der Waals surface area contributed by atoms with Crippen LogP contribution >= 0.6 is 31.9 Å². The molecular formula is C17H14Br2O2. The van der Waals surface area contributed by atoms with E-state index in [0.717, 1.165) is 20.1 Å². The standard InChI is InChI=1S/C17H14Br2O2/c1-2-11-21-17(20)16(12-3-7-14(18)8-4-12)13-5-9-15(19)10-6-13/h2-10,16H,1,11H2. The zero-order valence-electron chi connectivity index (χ0n) is 11.3. The van der Waals surface area contributed by atoms with Gasteiger partial charge in [0.25, 0.3) is 0 Å². The first-order valence-corrected chi connectivity index (χ1v) is 7.99. The molecule has 0 unspecified atom stereocenters. The Hall–Kier alpha value is -1.39. The fourth-order valence-electron chi connectivity index (χ4n) is 2.00. The van der Waals surface area contributed by atoms with Crippen LogP contribution < -0.4 is 0 Å². The normalized spacial score (nSPS) is 10.4. The molecule has 2 aromatic carbocycles. The Balaban J connectivity index is 2.38. The topological polar surface area (TPSA) is 26.3 Å². The van der Waals surface area contributed by atoms with Crippen molar-refractivity contribution in [2.45, 2.75) is 5.92 Å². The summed E-state index contributed by atoms with van der Waals surface area (Å²) in [5, 5.41) is 0. The third-order valence-corrected chi connectivity index (χ3v) is 4.04. The molecule has 0 aliphatic carbocycles. The first-order chi connectivity index (χ1) is 10.1. The van der Waals surface area contributed by atoms with E-state index in [1.807, 2.05) is 48.5 Å². The van der Waals surface area contributed by atoms with Gasteiger partial charge in [-0.05, 0) is 35.4 Å². The van der Waals surface area contributed by atoms with Gasteiger partial charge in [-0.25, -0.2) is 0 Å². The number of hydrogen-bond acceptors (Lipinski definition) is 2. The molecule has 0 spiro atoms. The molecule has 0 radical (unpaired) electrons. The van der Waals surface area contributed by atoms with Gasteiger partial charge in [0.15, 0.2) is 0 Å². The molecule has 0 saturated carbocycles. The highest BCUT2D eigenvalue weighted by Gasteiger charge is 2.24. The molecule has 0 bridgehead atoms. The lowest BCUT2D eigenvalue weighted by atomic mass is 9.91. The van der Waals surface area contributed by atoms with Crippen molar-refractivity contribution in [1.29, 1.82) is 0 Å². The maximum atomic E-state index is 12.4. The molecule has 21 heavy (non-hydrogen) atoms. The van der Waals surface area contributed by atoms with Crippen molar-refractivity contribution < 1.29 is 9.53 Å². The highest BCUT2D eigenvalue weighted by Crippen LogP contribution is 2.28. The van der Waals surface area contributed by atoms with Gasteiger partial charge in [-0.2, -0.15) is 0 Å². The Kier molecular flexibility index (Phi) is 5.76. The summed E-state index contributed by atoms with van der Waals surface area (Å²) >= 11 is 6.81. The van der Waals surface area contributed by atoms with E-state index < -0.39 is 5.92 Å². The lowest BCUT2D eigenvalue weighted by Crippen LogP contribution is -2.17. The SMILES string of the molecule is C=CCOC(=O)C(c1ccc(Br)cc1)c1ccc(Br)cc1. The number of rotatable bonds is 5. The van der Waals surface area contributed by atoms with Crippen LogP contribution in [0.2, 0.25) is 0 Å². The second-order valence-electron chi connectivity index (χ2n) is 4.45. The molecule has 0 fully saturated rings. The second-order valence-corrected chi connectivity index (χ2v) is 6.29. The molecule has 2 rings (SSSR count). The molecule has 0 N–H and O–H groups in total. The third kappa shape index (κ3) is 4.29. The average molecular weight is 410 g/mol. The van der Waals surface area contributed by atoms with Gasteiger partial charge < -0.3 is 4.74 Å². The van der Waals surface area contributed by atoms with Crippen LogP contribution in [0.25, 0.3) is 0 Å². The summed E-state index contributed by atoms with van der Waals surface area (Å²) in [4.78, 5) is 12.4. The largest absolute Gasteiger partial charge is 0.461 e. The molecule has 2 aromatic rings. The number of ether oxygens (including phenoxy) is 1. The summed E-state index contributed by atoms with van der Waals surface area (Å²) in [6.07, 6.45) is 1.57. The predicted molar refractivity (Wildman–Crippen MR) is 91.3 cm³/mol. The summed E-state index contributed by atoms with van der Waals surface area (Å²) < 4.78 is 7.19. The smallest absolute Gasteiger partial charge is 0.318 e. The van der Waals surface area contributed by atoms with Crippen LogP contribution in [-0.4, -0.2) is 12.6 Å². The van der Waals surface area contributed by atoms with Crippen molar-refractivity contribution >= 4 is 37.8 Å². The molecule has 0 saturated heterocycles. The maximum absolute atomic E-state index is 12.4. The van der Waals surface area contributed by atoms with Gasteiger partial charge in [0.2, 0.25) is 0 Å². The van der Waals surface area contributed by atoms with Gasteiger partial charge in [-0.3, -0.25) is 4.79 Å². The molecule has 0 heterocycles. The van der Waals surface area contributed by atoms with E-state index in [-0.39, 0.29) is 12.6 Å². The van der Waals surface area contributed by atoms with Crippen LogP contribution in [0, 0.1) is 0 Å². The van der Waals surface area contributed by atoms with Crippen molar-refractivity contribution in [3.8, 4) is 0 Å². The third-order valence-electron chi connectivity index (χ3n) is 2.99. The summed E-state index contributed by atoms with van der Waals surface area (Å²) in [5.74, 6) is -0.717.